The van der Waals surface area contributed by atoms with Crippen molar-refractivity contribution in [3.8, 4) is 0 Å². The molecule has 1 saturated heterocycles. The van der Waals surface area contributed by atoms with Crippen LogP contribution in [0.2, 0.25) is 0 Å². The minimum absolute atomic E-state index is 0.193. The minimum atomic E-state index is 0.193. The van der Waals surface area contributed by atoms with Crippen LogP contribution in [0, 0.1) is 0 Å². The fraction of sp³-hybridized carbons (Fsp3) is 0.647. The Labute approximate surface area is 118 Å². The summed E-state index contributed by atoms with van der Waals surface area (Å²) in [6.45, 7) is 13.7. The molecule has 0 aromatic heterocycles. The van der Waals surface area contributed by atoms with Crippen LogP contribution >= 0.6 is 0 Å². The van der Waals surface area contributed by atoms with E-state index in [1.165, 1.54) is 12.0 Å². The van der Waals surface area contributed by atoms with Crippen LogP contribution in [0.1, 0.15) is 52.6 Å². The maximum absolute atomic E-state index is 3.75. The van der Waals surface area contributed by atoms with Crippen molar-refractivity contribution in [2.24, 2.45) is 0 Å². The first-order chi connectivity index (χ1) is 8.86. The van der Waals surface area contributed by atoms with Crippen molar-refractivity contribution in [2.45, 2.75) is 58.2 Å². The monoisotopic (exact) mass is 260 g/mol. The maximum atomic E-state index is 3.75. The lowest BCUT2D eigenvalue weighted by atomic mass is 9.87. The van der Waals surface area contributed by atoms with E-state index in [2.05, 4.69) is 75.2 Å². The molecule has 106 valence electrons. The summed E-state index contributed by atoms with van der Waals surface area (Å²) in [6.07, 6.45) is 1.17. The summed E-state index contributed by atoms with van der Waals surface area (Å²) in [5.41, 5.74) is 1.85. The highest BCUT2D eigenvalue weighted by Crippen LogP contribution is 2.33. The Morgan fingerprint density at radius 1 is 1.26 bits per heavy atom. The molecule has 2 heteroatoms. The molecular weight excluding hydrogens is 232 g/mol. The molecule has 1 aromatic carbocycles. The molecular formula is C17H28N2. The van der Waals surface area contributed by atoms with Crippen molar-refractivity contribution in [3.05, 3.63) is 35.9 Å². The molecule has 0 saturated carbocycles. The highest BCUT2D eigenvalue weighted by atomic mass is 15.3. The molecule has 0 aliphatic carbocycles. The van der Waals surface area contributed by atoms with Crippen molar-refractivity contribution in [1.29, 1.82) is 0 Å². The second kappa shape index (κ2) is 5.26. The first kappa shape index (κ1) is 14.5. The van der Waals surface area contributed by atoms with Gasteiger partial charge in [-0.2, -0.15) is 0 Å². The van der Waals surface area contributed by atoms with E-state index in [9.17, 15) is 0 Å². The molecule has 1 fully saturated rings. The Morgan fingerprint density at radius 2 is 1.89 bits per heavy atom. The molecule has 2 unspecified atom stereocenters. The van der Waals surface area contributed by atoms with E-state index < -0.39 is 0 Å². The summed E-state index contributed by atoms with van der Waals surface area (Å²) < 4.78 is 0. The Balaban J connectivity index is 2.29. The zero-order chi connectivity index (χ0) is 14.1. The van der Waals surface area contributed by atoms with Gasteiger partial charge in [0.25, 0.3) is 0 Å². The molecule has 0 amide bonds. The van der Waals surface area contributed by atoms with E-state index in [-0.39, 0.29) is 11.1 Å². The van der Waals surface area contributed by atoms with Gasteiger partial charge in [-0.25, -0.2) is 0 Å². The average Bonchev–Trinajstić information content (AvgIpc) is 2.39. The lowest BCUT2D eigenvalue weighted by molar-refractivity contribution is 0.0112. The molecule has 2 rings (SSSR count). The molecule has 1 aliphatic heterocycles. The molecule has 0 bridgehead atoms. The third-order valence-electron chi connectivity index (χ3n) is 4.44. The molecule has 2 nitrogen and oxygen atoms in total. The lowest BCUT2D eigenvalue weighted by Gasteiger charge is -2.51. The van der Waals surface area contributed by atoms with Gasteiger partial charge in [0.2, 0.25) is 0 Å². The molecule has 1 heterocycles. The van der Waals surface area contributed by atoms with Gasteiger partial charge >= 0.3 is 0 Å². The van der Waals surface area contributed by atoms with Crippen molar-refractivity contribution in [1.82, 2.24) is 10.2 Å². The van der Waals surface area contributed by atoms with Crippen molar-refractivity contribution in [2.75, 3.05) is 13.1 Å². The Bertz CT molecular complexity index is 407. The number of nitrogens with zero attached hydrogens (tertiary/aromatic N) is 1. The van der Waals surface area contributed by atoms with Crippen LogP contribution in [-0.4, -0.2) is 29.1 Å². The number of nitrogens with one attached hydrogen (secondary N) is 1. The van der Waals surface area contributed by atoms with E-state index in [4.69, 9.17) is 0 Å². The van der Waals surface area contributed by atoms with Gasteiger partial charge in [0.05, 0.1) is 0 Å². The fourth-order valence-electron chi connectivity index (χ4n) is 2.91. The Kier molecular flexibility index (Phi) is 4.03. The third-order valence-corrected chi connectivity index (χ3v) is 4.44. The molecule has 1 aromatic rings. The van der Waals surface area contributed by atoms with Gasteiger partial charge in [-0.3, -0.25) is 4.90 Å². The highest BCUT2D eigenvalue weighted by Gasteiger charge is 2.39. The third kappa shape index (κ3) is 3.18. The highest BCUT2D eigenvalue weighted by molar-refractivity contribution is 5.21. The number of benzene rings is 1. The first-order valence-electron chi connectivity index (χ1n) is 7.42. The molecule has 19 heavy (non-hydrogen) atoms. The number of rotatable bonds is 2. The van der Waals surface area contributed by atoms with E-state index in [1.807, 2.05) is 0 Å². The molecule has 1 N–H and O–H groups in total. The number of hydrogen-bond acceptors (Lipinski definition) is 2. The van der Waals surface area contributed by atoms with Gasteiger partial charge in [-0.1, -0.05) is 37.3 Å². The summed E-state index contributed by atoms with van der Waals surface area (Å²) in [4.78, 5) is 2.66. The van der Waals surface area contributed by atoms with Crippen LogP contribution in [0.3, 0.4) is 0 Å². The largest absolute Gasteiger partial charge is 0.308 e. The topological polar surface area (TPSA) is 15.3 Å². The van der Waals surface area contributed by atoms with Gasteiger partial charge < -0.3 is 5.32 Å². The van der Waals surface area contributed by atoms with Crippen LogP contribution in [0.15, 0.2) is 30.3 Å². The predicted octanol–water partition coefficient (Wildman–Crippen LogP) is 3.60. The van der Waals surface area contributed by atoms with Gasteiger partial charge in [0.15, 0.2) is 0 Å². The molecule has 0 spiro atoms. The van der Waals surface area contributed by atoms with Crippen molar-refractivity contribution < 1.29 is 0 Å². The van der Waals surface area contributed by atoms with E-state index >= 15 is 0 Å². The Morgan fingerprint density at radius 3 is 2.42 bits per heavy atom. The summed E-state index contributed by atoms with van der Waals surface area (Å²) in [6, 6.07) is 11.4. The Hall–Kier alpha value is -0.860. The number of piperazine rings is 1. The van der Waals surface area contributed by atoms with Crippen LogP contribution in [0.25, 0.3) is 0 Å². The standard InChI is InChI=1S/C17H28N2/c1-6-17(5)13-19(16(2,3)4)15(12-18-17)14-10-8-7-9-11-14/h7-11,15,18H,6,12-13H2,1-5H3. The second-order valence-corrected chi connectivity index (χ2v) is 7.02. The second-order valence-electron chi connectivity index (χ2n) is 7.02. The van der Waals surface area contributed by atoms with Crippen LogP contribution < -0.4 is 5.32 Å². The van der Waals surface area contributed by atoms with Gasteiger partial charge in [-0.05, 0) is 39.7 Å². The summed E-state index contributed by atoms with van der Waals surface area (Å²) >= 11 is 0. The minimum Gasteiger partial charge on any atom is -0.308 e. The normalized spacial score (nSPS) is 29.4. The fourth-order valence-corrected chi connectivity index (χ4v) is 2.91. The lowest BCUT2D eigenvalue weighted by Crippen LogP contribution is -2.63. The van der Waals surface area contributed by atoms with Crippen LogP contribution in [0.5, 0.6) is 0 Å². The van der Waals surface area contributed by atoms with Crippen molar-refractivity contribution >= 4 is 0 Å². The molecule has 1 aliphatic rings. The SMILES string of the molecule is CCC1(C)CN(C(C)(C)C)C(c2ccccc2)CN1. The molecule has 2 atom stereocenters. The molecule has 0 radical (unpaired) electrons. The average molecular weight is 260 g/mol. The number of hydrogen-bond donors (Lipinski definition) is 1. The maximum Gasteiger partial charge on any atom is 0.0478 e. The smallest absolute Gasteiger partial charge is 0.0478 e. The van der Waals surface area contributed by atoms with E-state index in [0.29, 0.717) is 6.04 Å². The van der Waals surface area contributed by atoms with E-state index in [1.54, 1.807) is 0 Å². The zero-order valence-corrected chi connectivity index (χ0v) is 13.0. The van der Waals surface area contributed by atoms with E-state index in [0.717, 1.165) is 13.1 Å². The van der Waals surface area contributed by atoms with Gasteiger partial charge in [0, 0.05) is 30.2 Å². The summed E-state index contributed by atoms with van der Waals surface area (Å²) in [5.74, 6) is 0. The quantitative estimate of drug-likeness (QED) is 0.874. The zero-order valence-electron chi connectivity index (χ0n) is 13.0. The summed E-state index contributed by atoms with van der Waals surface area (Å²) in [5, 5.41) is 3.75. The van der Waals surface area contributed by atoms with Gasteiger partial charge in [0.1, 0.15) is 0 Å². The first-order valence-corrected chi connectivity index (χ1v) is 7.42. The van der Waals surface area contributed by atoms with Crippen LogP contribution in [0.4, 0.5) is 0 Å². The predicted molar refractivity (Wildman–Crippen MR) is 82.3 cm³/mol. The van der Waals surface area contributed by atoms with Crippen LogP contribution in [-0.2, 0) is 0 Å². The summed E-state index contributed by atoms with van der Waals surface area (Å²) in [7, 11) is 0. The van der Waals surface area contributed by atoms with Crippen molar-refractivity contribution in [3.63, 3.8) is 0 Å². The van der Waals surface area contributed by atoms with Gasteiger partial charge in [-0.15, -0.1) is 0 Å².